The lowest BCUT2D eigenvalue weighted by molar-refractivity contribution is 0.195. The number of amides is 2. The van der Waals surface area contributed by atoms with Crippen molar-refractivity contribution in [2.75, 3.05) is 20.2 Å². The first-order valence-electron chi connectivity index (χ1n) is 7.48. The molecule has 0 aliphatic rings. The number of likely N-dealkylation sites (N-methyl/N-ethyl adjacent to an activating group) is 1. The normalized spacial score (nSPS) is 10.2. The highest BCUT2D eigenvalue weighted by atomic mass is 19.1. The predicted octanol–water partition coefficient (Wildman–Crippen LogP) is 3.35. The summed E-state index contributed by atoms with van der Waals surface area (Å²) in [6, 6.07) is 14.2. The van der Waals surface area contributed by atoms with Crippen molar-refractivity contribution in [2.45, 2.75) is 13.5 Å². The van der Waals surface area contributed by atoms with E-state index in [9.17, 15) is 9.18 Å². The van der Waals surface area contributed by atoms with Crippen molar-refractivity contribution in [1.29, 1.82) is 0 Å². The standard InChI is InChI=1S/C18H21FN2O2/c1-14-8-9-15(12-17(14)19)13-20-18(22)21(2)10-11-23-16-6-4-3-5-7-16/h3-9,12H,10-11,13H2,1-2H3,(H,20,22). The van der Waals surface area contributed by atoms with E-state index in [0.29, 0.717) is 25.3 Å². The van der Waals surface area contributed by atoms with Gasteiger partial charge < -0.3 is 15.0 Å². The number of nitrogens with one attached hydrogen (secondary N) is 1. The Morgan fingerprint density at radius 3 is 2.65 bits per heavy atom. The first kappa shape index (κ1) is 16.8. The van der Waals surface area contributed by atoms with Crippen LogP contribution in [0.15, 0.2) is 48.5 Å². The zero-order valence-corrected chi connectivity index (χ0v) is 13.4. The number of hydrogen-bond donors (Lipinski definition) is 1. The Morgan fingerprint density at radius 1 is 1.22 bits per heavy atom. The van der Waals surface area contributed by atoms with Gasteiger partial charge in [0.1, 0.15) is 18.2 Å². The van der Waals surface area contributed by atoms with Crippen LogP contribution in [0.5, 0.6) is 5.75 Å². The van der Waals surface area contributed by atoms with E-state index in [0.717, 1.165) is 11.3 Å². The maximum absolute atomic E-state index is 13.5. The molecule has 2 amide bonds. The van der Waals surface area contributed by atoms with E-state index < -0.39 is 0 Å². The van der Waals surface area contributed by atoms with Crippen LogP contribution in [0, 0.1) is 12.7 Å². The minimum atomic E-state index is -0.263. The SMILES string of the molecule is Cc1ccc(CNC(=O)N(C)CCOc2ccccc2)cc1F. The number of aryl methyl sites for hydroxylation is 1. The second kappa shape index (κ2) is 8.17. The highest BCUT2D eigenvalue weighted by Crippen LogP contribution is 2.09. The van der Waals surface area contributed by atoms with Crippen molar-refractivity contribution in [3.05, 3.63) is 65.5 Å². The van der Waals surface area contributed by atoms with Crippen molar-refractivity contribution in [2.24, 2.45) is 0 Å². The molecule has 0 aromatic heterocycles. The number of halogens is 1. The molecule has 0 spiro atoms. The van der Waals surface area contributed by atoms with Crippen LogP contribution in [0.2, 0.25) is 0 Å². The Bertz CT molecular complexity index is 647. The fourth-order valence-electron chi connectivity index (χ4n) is 1.98. The van der Waals surface area contributed by atoms with Crippen molar-refractivity contribution in [3.8, 4) is 5.75 Å². The molecule has 0 aliphatic carbocycles. The van der Waals surface area contributed by atoms with Crippen LogP contribution >= 0.6 is 0 Å². The van der Waals surface area contributed by atoms with Crippen molar-refractivity contribution < 1.29 is 13.9 Å². The topological polar surface area (TPSA) is 41.6 Å². The molecule has 0 unspecified atom stereocenters. The second-order valence-corrected chi connectivity index (χ2v) is 5.33. The smallest absolute Gasteiger partial charge is 0.317 e. The molecule has 1 N–H and O–H groups in total. The highest BCUT2D eigenvalue weighted by molar-refractivity contribution is 5.73. The molecule has 0 heterocycles. The summed E-state index contributed by atoms with van der Waals surface area (Å²) in [4.78, 5) is 13.5. The van der Waals surface area contributed by atoms with E-state index in [-0.39, 0.29) is 11.8 Å². The number of urea groups is 1. The second-order valence-electron chi connectivity index (χ2n) is 5.33. The number of nitrogens with zero attached hydrogens (tertiary/aromatic N) is 1. The summed E-state index contributed by atoms with van der Waals surface area (Å²) in [7, 11) is 1.69. The summed E-state index contributed by atoms with van der Waals surface area (Å²) >= 11 is 0. The largest absolute Gasteiger partial charge is 0.492 e. The molecule has 5 heteroatoms. The lowest BCUT2D eigenvalue weighted by Gasteiger charge is -2.18. The van der Waals surface area contributed by atoms with Crippen LogP contribution in [0.4, 0.5) is 9.18 Å². The van der Waals surface area contributed by atoms with Gasteiger partial charge in [0.2, 0.25) is 0 Å². The van der Waals surface area contributed by atoms with Crippen LogP contribution in [0.25, 0.3) is 0 Å². The van der Waals surface area contributed by atoms with Gasteiger partial charge in [0, 0.05) is 13.6 Å². The zero-order valence-electron chi connectivity index (χ0n) is 13.4. The van der Waals surface area contributed by atoms with E-state index >= 15 is 0 Å². The Morgan fingerprint density at radius 2 is 1.96 bits per heavy atom. The van der Waals surface area contributed by atoms with Gasteiger partial charge in [-0.1, -0.05) is 30.3 Å². The molecule has 0 aliphatic heterocycles. The van der Waals surface area contributed by atoms with Gasteiger partial charge >= 0.3 is 6.03 Å². The van der Waals surface area contributed by atoms with Gasteiger partial charge in [-0.15, -0.1) is 0 Å². The summed E-state index contributed by atoms with van der Waals surface area (Å²) in [5.74, 6) is 0.512. The summed E-state index contributed by atoms with van der Waals surface area (Å²) < 4.78 is 19.0. The minimum Gasteiger partial charge on any atom is -0.492 e. The third-order valence-corrected chi connectivity index (χ3v) is 3.47. The van der Waals surface area contributed by atoms with Crippen molar-refractivity contribution in [3.63, 3.8) is 0 Å². The molecule has 0 atom stereocenters. The molecule has 0 fully saturated rings. The van der Waals surface area contributed by atoms with Gasteiger partial charge in [0.05, 0.1) is 6.54 Å². The summed E-state index contributed by atoms with van der Waals surface area (Å²) in [6.07, 6.45) is 0. The minimum absolute atomic E-state index is 0.220. The van der Waals surface area contributed by atoms with E-state index in [1.807, 2.05) is 30.3 Å². The van der Waals surface area contributed by atoms with Crippen LogP contribution in [0.3, 0.4) is 0 Å². The third-order valence-electron chi connectivity index (χ3n) is 3.47. The molecule has 122 valence electrons. The maximum Gasteiger partial charge on any atom is 0.317 e. The molecular weight excluding hydrogens is 295 g/mol. The number of hydrogen-bond acceptors (Lipinski definition) is 2. The molecular formula is C18H21FN2O2. The molecule has 2 aromatic carbocycles. The van der Waals surface area contributed by atoms with Gasteiger partial charge in [-0.2, -0.15) is 0 Å². The Hall–Kier alpha value is -2.56. The number of para-hydroxylation sites is 1. The van der Waals surface area contributed by atoms with E-state index in [4.69, 9.17) is 4.74 Å². The summed E-state index contributed by atoms with van der Waals surface area (Å²) in [5, 5.41) is 2.76. The fraction of sp³-hybridized carbons (Fsp3) is 0.278. The first-order valence-corrected chi connectivity index (χ1v) is 7.48. The van der Waals surface area contributed by atoms with Gasteiger partial charge in [0.15, 0.2) is 0 Å². The lowest BCUT2D eigenvalue weighted by atomic mass is 10.1. The number of rotatable bonds is 6. The van der Waals surface area contributed by atoms with Gasteiger partial charge in [-0.3, -0.25) is 0 Å². The van der Waals surface area contributed by atoms with Crippen LogP contribution in [-0.2, 0) is 6.54 Å². The summed E-state index contributed by atoms with van der Waals surface area (Å²) in [6.45, 7) is 2.87. The average Bonchev–Trinajstić information content (AvgIpc) is 2.56. The number of ether oxygens (including phenoxy) is 1. The van der Waals surface area contributed by atoms with E-state index in [2.05, 4.69) is 5.32 Å². The van der Waals surface area contributed by atoms with Gasteiger partial charge in [0.25, 0.3) is 0 Å². The molecule has 4 nitrogen and oxygen atoms in total. The monoisotopic (exact) mass is 316 g/mol. The lowest BCUT2D eigenvalue weighted by Crippen LogP contribution is -2.39. The van der Waals surface area contributed by atoms with Gasteiger partial charge in [-0.05, 0) is 36.2 Å². The van der Waals surface area contributed by atoms with E-state index in [1.165, 1.54) is 11.0 Å². The maximum atomic E-state index is 13.5. The molecule has 0 saturated heterocycles. The van der Waals surface area contributed by atoms with Crippen molar-refractivity contribution >= 4 is 6.03 Å². The molecule has 0 bridgehead atoms. The van der Waals surface area contributed by atoms with Crippen LogP contribution in [-0.4, -0.2) is 31.1 Å². The molecule has 23 heavy (non-hydrogen) atoms. The average molecular weight is 316 g/mol. The van der Waals surface area contributed by atoms with E-state index in [1.54, 1.807) is 26.1 Å². The molecule has 0 radical (unpaired) electrons. The summed E-state index contributed by atoms with van der Waals surface area (Å²) in [5.41, 5.74) is 1.32. The van der Waals surface area contributed by atoms with Gasteiger partial charge in [-0.25, -0.2) is 9.18 Å². The van der Waals surface area contributed by atoms with Crippen molar-refractivity contribution in [1.82, 2.24) is 10.2 Å². The fourth-order valence-corrected chi connectivity index (χ4v) is 1.98. The highest BCUT2D eigenvalue weighted by Gasteiger charge is 2.08. The number of carbonyl (C=O) groups excluding carboxylic acids is 1. The zero-order chi connectivity index (χ0) is 16.7. The Labute approximate surface area is 135 Å². The molecule has 0 saturated carbocycles. The first-order chi connectivity index (χ1) is 11.1. The number of carbonyl (C=O) groups is 1. The van der Waals surface area contributed by atoms with Crippen LogP contribution < -0.4 is 10.1 Å². The Kier molecular flexibility index (Phi) is 5.97. The molecule has 2 aromatic rings. The third kappa shape index (κ3) is 5.29. The number of benzene rings is 2. The van der Waals surface area contributed by atoms with Crippen LogP contribution in [0.1, 0.15) is 11.1 Å². The quantitative estimate of drug-likeness (QED) is 0.888. The molecule has 2 rings (SSSR count). The Balaban J connectivity index is 1.73. The predicted molar refractivity (Wildman–Crippen MR) is 87.9 cm³/mol.